The van der Waals surface area contributed by atoms with Crippen LogP contribution < -0.4 is 10.1 Å². The Morgan fingerprint density at radius 3 is 2.70 bits per heavy atom. The summed E-state index contributed by atoms with van der Waals surface area (Å²) < 4.78 is 7.18. The highest BCUT2D eigenvalue weighted by molar-refractivity contribution is 5.31. The minimum Gasteiger partial charge on any atom is -0.481 e. The van der Waals surface area contributed by atoms with Crippen molar-refractivity contribution < 1.29 is 4.74 Å². The van der Waals surface area contributed by atoms with Gasteiger partial charge in [-0.25, -0.2) is 4.68 Å². The Bertz CT molecular complexity index is 575. The lowest BCUT2D eigenvalue weighted by atomic mass is 10.1. The van der Waals surface area contributed by atoms with E-state index in [2.05, 4.69) is 41.6 Å². The van der Waals surface area contributed by atoms with Crippen molar-refractivity contribution >= 4 is 0 Å². The number of nitrogens with zero attached hydrogens (tertiary/aromatic N) is 2. The first-order valence-electron chi connectivity index (χ1n) is 6.95. The summed E-state index contributed by atoms with van der Waals surface area (Å²) in [6.07, 6.45) is 1.04. The molecule has 1 heterocycles. The van der Waals surface area contributed by atoms with E-state index in [1.165, 1.54) is 11.1 Å². The predicted molar refractivity (Wildman–Crippen MR) is 81.1 cm³/mol. The first kappa shape index (κ1) is 14.6. The molecule has 108 valence electrons. The summed E-state index contributed by atoms with van der Waals surface area (Å²) in [4.78, 5) is 0. The van der Waals surface area contributed by atoms with Gasteiger partial charge in [-0.2, -0.15) is 5.10 Å². The maximum Gasteiger partial charge on any atom is 0.216 e. The summed E-state index contributed by atoms with van der Waals surface area (Å²) >= 11 is 0. The lowest BCUT2D eigenvalue weighted by Crippen LogP contribution is -2.17. The zero-order valence-corrected chi connectivity index (χ0v) is 12.7. The van der Waals surface area contributed by atoms with Gasteiger partial charge in [-0.05, 0) is 37.9 Å². The number of aryl methyl sites for hydroxylation is 3. The van der Waals surface area contributed by atoms with Gasteiger partial charge in [-0.3, -0.25) is 0 Å². The summed E-state index contributed by atoms with van der Waals surface area (Å²) in [5.41, 5.74) is 4.91. The average molecular weight is 273 g/mol. The molecule has 0 spiro atoms. The lowest BCUT2D eigenvalue weighted by molar-refractivity contribution is 0.368. The largest absolute Gasteiger partial charge is 0.481 e. The molecule has 4 nitrogen and oxygen atoms in total. The van der Waals surface area contributed by atoms with Crippen LogP contribution >= 0.6 is 0 Å². The Morgan fingerprint density at radius 2 is 2.00 bits per heavy atom. The summed E-state index contributed by atoms with van der Waals surface area (Å²) in [6.45, 7) is 5.90. The molecule has 1 N–H and O–H groups in total. The molecule has 0 saturated heterocycles. The normalized spacial score (nSPS) is 10.8. The smallest absolute Gasteiger partial charge is 0.216 e. The summed E-state index contributed by atoms with van der Waals surface area (Å²) in [5, 5.41) is 7.86. The molecular weight excluding hydrogens is 250 g/mol. The summed E-state index contributed by atoms with van der Waals surface area (Å²) in [6, 6.07) is 8.52. The van der Waals surface area contributed by atoms with E-state index >= 15 is 0 Å². The van der Waals surface area contributed by atoms with Crippen LogP contribution in [0, 0.1) is 13.8 Å². The molecule has 1 aromatic carbocycles. The van der Waals surface area contributed by atoms with Crippen molar-refractivity contribution in [3.05, 3.63) is 46.6 Å². The summed E-state index contributed by atoms with van der Waals surface area (Å²) in [7, 11) is 3.59. The molecule has 2 rings (SSSR count). The second-order valence-electron chi connectivity index (χ2n) is 5.05. The fourth-order valence-corrected chi connectivity index (χ4v) is 2.47. The second kappa shape index (κ2) is 6.57. The van der Waals surface area contributed by atoms with Crippen molar-refractivity contribution in [1.29, 1.82) is 0 Å². The monoisotopic (exact) mass is 273 g/mol. The average Bonchev–Trinajstić information content (AvgIpc) is 2.70. The molecule has 0 atom stereocenters. The molecule has 0 bridgehead atoms. The van der Waals surface area contributed by atoms with Gasteiger partial charge in [0.2, 0.25) is 5.88 Å². The van der Waals surface area contributed by atoms with E-state index in [0.717, 1.165) is 36.6 Å². The second-order valence-corrected chi connectivity index (χ2v) is 5.05. The van der Waals surface area contributed by atoms with Gasteiger partial charge in [0.15, 0.2) is 0 Å². The predicted octanol–water partition coefficient (Wildman–Crippen LogP) is 2.38. The van der Waals surface area contributed by atoms with Crippen molar-refractivity contribution in [2.75, 3.05) is 13.7 Å². The van der Waals surface area contributed by atoms with Crippen LogP contribution in [-0.2, 0) is 20.0 Å². The van der Waals surface area contributed by atoms with E-state index in [1.807, 2.05) is 14.0 Å². The first-order chi connectivity index (χ1) is 9.63. The Hall–Kier alpha value is -1.81. The molecule has 0 aliphatic carbocycles. The van der Waals surface area contributed by atoms with E-state index in [0.29, 0.717) is 0 Å². The molecule has 0 amide bonds. The van der Waals surface area contributed by atoms with Crippen LogP contribution in [0.15, 0.2) is 24.3 Å². The van der Waals surface area contributed by atoms with Crippen molar-refractivity contribution in [3.63, 3.8) is 0 Å². The molecule has 0 fully saturated rings. The Labute approximate surface area is 120 Å². The molecule has 0 unspecified atom stereocenters. The molecule has 1 aromatic heterocycles. The molecule has 0 aliphatic heterocycles. The van der Waals surface area contributed by atoms with Gasteiger partial charge in [-0.1, -0.05) is 24.3 Å². The highest BCUT2D eigenvalue weighted by atomic mass is 16.5. The van der Waals surface area contributed by atoms with E-state index in [-0.39, 0.29) is 0 Å². The lowest BCUT2D eigenvalue weighted by Gasteiger charge is -2.08. The van der Waals surface area contributed by atoms with Gasteiger partial charge in [0.25, 0.3) is 0 Å². The fraction of sp³-hybridized carbons (Fsp3) is 0.438. The van der Waals surface area contributed by atoms with Gasteiger partial charge in [0, 0.05) is 13.6 Å². The standard InChI is InChI=1S/C16H23N3O/c1-12-7-5-6-8-14(12)9-10-17-11-15-13(2)18-19(3)16(15)20-4/h5-8,17H,9-11H2,1-4H3. The maximum absolute atomic E-state index is 5.39. The Kier molecular flexibility index (Phi) is 4.79. The quantitative estimate of drug-likeness (QED) is 0.821. The van der Waals surface area contributed by atoms with Crippen molar-refractivity contribution in [3.8, 4) is 5.88 Å². The molecule has 0 radical (unpaired) electrons. The van der Waals surface area contributed by atoms with Crippen LogP contribution in [0.25, 0.3) is 0 Å². The third kappa shape index (κ3) is 3.20. The minimum atomic E-state index is 0.786. The molecule has 0 saturated carbocycles. The minimum absolute atomic E-state index is 0.786. The third-order valence-corrected chi connectivity index (χ3v) is 3.62. The SMILES string of the molecule is COc1c(CNCCc2ccccc2C)c(C)nn1C. The van der Waals surface area contributed by atoms with Crippen molar-refractivity contribution in [2.45, 2.75) is 26.8 Å². The van der Waals surface area contributed by atoms with Crippen molar-refractivity contribution in [2.24, 2.45) is 7.05 Å². The van der Waals surface area contributed by atoms with Crippen LogP contribution in [0.5, 0.6) is 5.88 Å². The molecule has 4 heteroatoms. The number of benzene rings is 1. The highest BCUT2D eigenvalue weighted by Crippen LogP contribution is 2.20. The number of hydrogen-bond acceptors (Lipinski definition) is 3. The van der Waals surface area contributed by atoms with Crippen LogP contribution in [0.2, 0.25) is 0 Å². The van der Waals surface area contributed by atoms with E-state index in [9.17, 15) is 0 Å². The molecule has 20 heavy (non-hydrogen) atoms. The van der Waals surface area contributed by atoms with Gasteiger partial charge in [-0.15, -0.1) is 0 Å². The van der Waals surface area contributed by atoms with E-state index in [1.54, 1.807) is 11.8 Å². The maximum atomic E-state index is 5.39. The summed E-state index contributed by atoms with van der Waals surface area (Å²) in [5.74, 6) is 0.839. The van der Waals surface area contributed by atoms with Crippen LogP contribution in [0.3, 0.4) is 0 Å². The van der Waals surface area contributed by atoms with Gasteiger partial charge >= 0.3 is 0 Å². The van der Waals surface area contributed by atoms with Crippen molar-refractivity contribution in [1.82, 2.24) is 15.1 Å². The topological polar surface area (TPSA) is 39.1 Å². The number of nitrogens with one attached hydrogen (secondary N) is 1. The third-order valence-electron chi connectivity index (χ3n) is 3.62. The zero-order valence-electron chi connectivity index (χ0n) is 12.7. The number of hydrogen-bond donors (Lipinski definition) is 1. The number of aromatic nitrogens is 2. The highest BCUT2D eigenvalue weighted by Gasteiger charge is 2.12. The zero-order chi connectivity index (χ0) is 14.5. The van der Waals surface area contributed by atoms with Crippen LogP contribution in [-0.4, -0.2) is 23.4 Å². The van der Waals surface area contributed by atoms with E-state index in [4.69, 9.17) is 4.74 Å². The van der Waals surface area contributed by atoms with Gasteiger partial charge < -0.3 is 10.1 Å². The van der Waals surface area contributed by atoms with Gasteiger partial charge in [0.05, 0.1) is 18.4 Å². The number of ether oxygens (including phenoxy) is 1. The molecule has 2 aromatic rings. The number of methoxy groups -OCH3 is 1. The Balaban J connectivity index is 1.89. The van der Waals surface area contributed by atoms with Crippen LogP contribution in [0.1, 0.15) is 22.4 Å². The van der Waals surface area contributed by atoms with E-state index < -0.39 is 0 Å². The number of rotatable bonds is 6. The first-order valence-corrected chi connectivity index (χ1v) is 6.95. The van der Waals surface area contributed by atoms with Crippen LogP contribution in [0.4, 0.5) is 0 Å². The molecular formula is C16H23N3O. The molecule has 0 aliphatic rings. The van der Waals surface area contributed by atoms with Gasteiger partial charge in [0.1, 0.15) is 0 Å². The fourth-order valence-electron chi connectivity index (χ4n) is 2.47. The Morgan fingerprint density at radius 1 is 1.25 bits per heavy atom.